The molecular formula is C25H20ClFN4OS. The summed E-state index contributed by atoms with van der Waals surface area (Å²) in [6.45, 7) is 0. The Balaban J connectivity index is 1.65. The van der Waals surface area contributed by atoms with Gasteiger partial charge < -0.3 is 19.5 Å². The van der Waals surface area contributed by atoms with Crippen LogP contribution in [0.25, 0.3) is 5.69 Å². The van der Waals surface area contributed by atoms with E-state index in [1.165, 1.54) is 6.07 Å². The van der Waals surface area contributed by atoms with Gasteiger partial charge in [0, 0.05) is 29.5 Å². The largest absolute Gasteiger partial charge is 0.497 e. The first-order chi connectivity index (χ1) is 16.1. The second-order valence-electron chi connectivity index (χ2n) is 7.60. The lowest BCUT2D eigenvalue weighted by Crippen LogP contribution is -2.30. The van der Waals surface area contributed by atoms with Gasteiger partial charge in [0.05, 0.1) is 23.9 Å². The predicted octanol–water partition coefficient (Wildman–Crippen LogP) is 5.85. The number of rotatable bonds is 5. The van der Waals surface area contributed by atoms with E-state index in [-0.39, 0.29) is 17.1 Å². The molecule has 2 atom stereocenters. The molecule has 1 fully saturated rings. The normalized spacial score (nSPS) is 17.8. The Morgan fingerprint density at radius 3 is 2.52 bits per heavy atom. The summed E-state index contributed by atoms with van der Waals surface area (Å²) in [4.78, 5) is 6.66. The van der Waals surface area contributed by atoms with Crippen LogP contribution in [0.4, 0.5) is 10.1 Å². The Kier molecular flexibility index (Phi) is 5.74. The van der Waals surface area contributed by atoms with Gasteiger partial charge in [-0.05, 0) is 78.9 Å². The van der Waals surface area contributed by atoms with Crippen molar-refractivity contribution in [1.82, 2.24) is 14.9 Å². The van der Waals surface area contributed by atoms with Gasteiger partial charge in [0.15, 0.2) is 5.11 Å². The number of halogens is 2. The quantitative estimate of drug-likeness (QED) is 0.364. The summed E-state index contributed by atoms with van der Waals surface area (Å²) in [5, 5.41) is 4.11. The van der Waals surface area contributed by atoms with Crippen molar-refractivity contribution >= 4 is 34.6 Å². The average molecular weight is 479 g/mol. The van der Waals surface area contributed by atoms with Crippen molar-refractivity contribution in [3.05, 3.63) is 107 Å². The number of methoxy groups -OCH3 is 1. The van der Waals surface area contributed by atoms with E-state index in [1.807, 2.05) is 65.4 Å². The Morgan fingerprint density at radius 2 is 1.82 bits per heavy atom. The minimum absolute atomic E-state index is 0.0699. The number of anilines is 1. The molecule has 2 aromatic carbocycles. The fourth-order valence-corrected chi connectivity index (χ4v) is 4.70. The van der Waals surface area contributed by atoms with Crippen molar-refractivity contribution in [2.75, 3.05) is 12.0 Å². The summed E-state index contributed by atoms with van der Waals surface area (Å²) in [5.41, 5.74) is 3.50. The van der Waals surface area contributed by atoms with Gasteiger partial charge in [-0.1, -0.05) is 17.7 Å². The van der Waals surface area contributed by atoms with E-state index in [9.17, 15) is 4.39 Å². The van der Waals surface area contributed by atoms with Crippen LogP contribution in [-0.4, -0.2) is 21.8 Å². The molecule has 0 amide bonds. The van der Waals surface area contributed by atoms with E-state index in [0.717, 1.165) is 28.5 Å². The lowest BCUT2D eigenvalue weighted by Gasteiger charge is -2.29. The number of nitrogens with zero attached hydrogens (tertiary/aromatic N) is 3. The molecule has 33 heavy (non-hydrogen) atoms. The van der Waals surface area contributed by atoms with Crippen LogP contribution in [0.15, 0.2) is 85.2 Å². The van der Waals surface area contributed by atoms with Gasteiger partial charge in [0.25, 0.3) is 0 Å². The summed E-state index contributed by atoms with van der Waals surface area (Å²) in [5.74, 6) is 0.308. The van der Waals surface area contributed by atoms with E-state index in [2.05, 4.69) is 15.2 Å². The average Bonchev–Trinajstić information content (AvgIpc) is 3.46. The molecule has 1 N–H and O–H groups in total. The van der Waals surface area contributed by atoms with Crippen LogP contribution in [-0.2, 0) is 0 Å². The third-order valence-electron chi connectivity index (χ3n) is 5.71. The summed E-state index contributed by atoms with van der Waals surface area (Å²) < 4.78 is 21.1. The molecule has 1 saturated heterocycles. The third kappa shape index (κ3) is 3.94. The monoisotopic (exact) mass is 478 g/mol. The van der Waals surface area contributed by atoms with Crippen LogP contribution in [0.1, 0.15) is 23.5 Å². The first kappa shape index (κ1) is 21.4. The zero-order valence-corrected chi connectivity index (χ0v) is 19.2. The standard InChI is InChI=1S/C25H20ClFN4OS/c1-32-18-10-7-16(8-11-18)31-24(23(29-25(31)33)21-5-2-3-13-28-21)22-6-4-14-30(22)17-9-12-20(27)19(26)15-17/h2-15,23-24H,1H3,(H,29,33)/t23-,24+/m0/s1. The van der Waals surface area contributed by atoms with Gasteiger partial charge in [-0.3, -0.25) is 4.98 Å². The molecule has 4 aromatic rings. The third-order valence-corrected chi connectivity index (χ3v) is 6.32. The first-order valence-electron chi connectivity index (χ1n) is 10.3. The van der Waals surface area contributed by atoms with Gasteiger partial charge >= 0.3 is 0 Å². The van der Waals surface area contributed by atoms with Gasteiger partial charge in [-0.15, -0.1) is 0 Å². The lowest BCUT2D eigenvalue weighted by molar-refractivity contribution is 0.415. The maximum absolute atomic E-state index is 13.8. The molecule has 0 saturated carbocycles. The molecule has 5 nitrogen and oxygen atoms in total. The zero-order chi connectivity index (χ0) is 22.9. The van der Waals surface area contributed by atoms with Crippen LogP contribution >= 0.6 is 23.8 Å². The molecular weight excluding hydrogens is 459 g/mol. The second kappa shape index (κ2) is 8.84. The Hall–Kier alpha value is -3.42. The fourth-order valence-electron chi connectivity index (χ4n) is 4.18. The van der Waals surface area contributed by atoms with E-state index < -0.39 is 5.82 Å². The van der Waals surface area contributed by atoms with E-state index in [4.69, 9.17) is 28.6 Å². The molecule has 0 unspecified atom stereocenters. The van der Waals surface area contributed by atoms with Crippen molar-refractivity contribution < 1.29 is 9.13 Å². The van der Waals surface area contributed by atoms with Gasteiger partial charge in [-0.25, -0.2) is 4.39 Å². The first-order valence-corrected chi connectivity index (χ1v) is 11.1. The van der Waals surface area contributed by atoms with Crippen LogP contribution < -0.4 is 15.0 Å². The molecule has 8 heteroatoms. The zero-order valence-electron chi connectivity index (χ0n) is 17.7. The topological polar surface area (TPSA) is 42.3 Å². The van der Waals surface area contributed by atoms with Crippen molar-refractivity contribution in [3.8, 4) is 11.4 Å². The summed E-state index contributed by atoms with van der Waals surface area (Å²) >= 11 is 11.9. The smallest absolute Gasteiger partial charge is 0.174 e. The molecule has 2 aromatic heterocycles. The number of pyridine rings is 1. The van der Waals surface area contributed by atoms with Crippen molar-refractivity contribution in [3.63, 3.8) is 0 Å². The fraction of sp³-hybridized carbons (Fsp3) is 0.120. The molecule has 1 aliphatic rings. The number of hydrogen-bond acceptors (Lipinski definition) is 3. The highest BCUT2D eigenvalue weighted by Crippen LogP contribution is 2.42. The number of nitrogens with one attached hydrogen (secondary N) is 1. The highest BCUT2D eigenvalue weighted by molar-refractivity contribution is 7.80. The number of aromatic nitrogens is 2. The Morgan fingerprint density at radius 1 is 1.03 bits per heavy atom. The second-order valence-corrected chi connectivity index (χ2v) is 8.39. The van der Waals surface area contributed by atoms with E-state index >= 15 is 0 Å². The van der Waals surface area contributed by atoms with E-state index in [0.29, 0.717) is 5.11 Å². The van der Waals surface area contributed by atoms with Gasteiger partial charge in [0.1, 0.15) is 17.6 Å². The SMILES string of the molecule is COc1ccc(N2C(=S)N[C@@H](c3ccccn3)[C@H]2c2cccn2-c2ccc(F)c(Cl)c2)cc1. The lowest BCUT2D eigenvalue weighted by atomic mass is 10.0. The molecule has 0 aliphatic carbocycles. The van der Waals surface area contributed by atoms with Crippen molar-refractivity contribution in [2.45, 2.75) is 12.1 Å². The van der Waals surface area contributed by atoms with E-state index in [1.54, 1.807) is 25.4 Å². The van der Waals surface area contributed by atoms with Crippen molar-refractivity contribution in [1.29, 1.82) is 0 Å². The highest BCUT2D eigenvalue weighted by Gasteiger charge is 2.42. The molecule has 166 valence electrons. The Bertz CT molecular complexity index is 1300. The van der Waals surface area contributed by atoms with Crippen LogP contribution in [0.2, 0.25) is 5.02 Å². The molecule has 0 bridgehead atoms. The molecule has 0 radical (unpaired) electrons. The summed E-state index contributed by atoms with van der Waals surface area (Å²) in [7, 11) is 1.64. The van der Waals surface area contributed by atoms with Gasteiger partial charge in [-0.2, -0.15) is 0 Å². The van der Waals surface area contributed by atoms with Crippen LogP contribution in [0.3, 0.4) is 0 Å². The minimum Gasteiger partial charge on any atom is -0.497 e. The molecule has 1 aliphatic heterocycles. The van der Waals surface area contributed by atoms with Crippen molar-refractivity contribution in [2.24, 2.45) is 0 Å². The summed E-state index contributed by atoms with van der Waals surface area (Å²) in [6.07, 6.45) is 3.70. The highest BCUT2D eigenvalue weighted by atomic mass is 35.5. The predicted molar refractivity (Wildman–Crippen MR) is 132 cm³/mol. The molecule has 3 heterocycles. The summed E-state index contributed by atoms with van der Waals surface area (Å²) in [6, 6.07) is 21.8. The number of benzene rings is 2. The maximum Gasteiger partial charge on any atom is 0.174 e. The Labute approximate surface area is 201 Å². The minimum atomic E-state index is -0.455. The number of thiocarbonyl (C=S) groups is 1. The maximum atomic E-state index is 13.8. The van der Waals surface area contributed by atoms with Crippen LogP contribution in [0, 0.1) is 5.82 Å². The van der Waals surface area contributed by atoms with Gasteiger partial charge in [0.2, 0.25) is 0 Å². The molecule has 0 spiro atoms. The molecule has 5 rings (SSSR count). The number of ether oxygens (including phenoxy) is 1. The van der Waals surface area contributed by atoms with Crippen LogP contribution in [0.5, 0.6) is 5.75 Å². The number of hydrogen-bond donors (Lipinski definition) is 1.